The van der Waals surface area contributed by atoms with Crippen LogP contribution in [0.3, 0.4) is 0 Å². The van der Waals surface area contributed by atoms with Gasteiger partial charge in [0, 0.05) is 24.7 Å². The minimum Gasteiger partial charge on any atom is -0.496 e. The van der Waals surface area contributed by atoms with Gasteiger partial charge in [0.15, 0.2) is 0 Å². The maximum atomic E-state index is 12.7. The van der Waals surface area contributed by atoms with Crippen LogP contribution < -0.4 is 10.5 Å². The monoisotopic (exact) mass is 349 g/mol. The average molecular weight is 350 g/mol. The number of nitro benzene ring substituents is 1. The van der Waals surface area contributed by atoms with Crippen LogP contribution in [0.5, 0.6) is 5.75 Å². The van der Waals surface area contributed by atoms with E-state index < -0.39 is 4.92 Å². The third-order valence-electron chi connectivity index (χ3n) is 3.49. The van der Waals surface area contributed by atoms with Crippen molar-refractivity contribution >= 4 is 28.9 Å². The Kier molecular flexibility index (Phi) is 5.25. The molecule has 0 spiro atoms. The second-order valence-corrected chi connectivity index (χ2v) is 5.53. The summed E-state index contributed by atoms with van der Waals surface area (Å²) in [5.74, 6) is -0.0942. The number of carbonyl (C=O) groups excluding carboxylic acids is 1. The highest BCUT2D eigenvalue weighted by atomic mass is 35.5. The maximum Gasteiger partial charge on any atom is 0.274 e. The van der Waals surface area contributed by atoms with Gasteiger partial charge in [-0.2, -0.15) is 0 Å². The van der Waals surface area contributed by atoms with Crippen molar-refractivity contribution in [3.05, 3.63) is 62.7 Å². The topological polar surface area (TPSA) is 98.7 Å². The van der Waals surface area contributed by atoms with E-state index in [1.807, 2.05) is 0 Å². The van der Waals surface area contributed by atoms with Gasteiger partial charge in [-0.3, -0.25) is 14.9 Å². The van der Waals surface area contributed by atoms with Crippen molar-refractivity contribution in [2.75, 3.05) is 19.9 Å². The molecule has 126 valence electrons. The number of amides is 1. The van der Waals surface area contributed by atoms with Crippen LogP contribution in [0, 0.1) is 10.1 Å². The Labute approximate surface area is 143 Å². The number of hydrogen-bond acceptors (Lipinski definition) is 5. The number of ether oxygens (including phenoxy) is 1. The van der Waals surface area contributed by atoms with Gasteiger partial charge in [0.05, 0.1) is 34.9 Å². The van der Waals surface area contributed by atoms with Crippen LogP contribution in [0.4, 0.5) is 11.4 Å². The van der Waals surface area contributed by atoms with Crippen molar-refractivity contribution < 1.29 is 14.5 Å². The summed E-state index contributed by atoms with van der Waals surface area (Å²) < 4.78 is 5.17. The van der Waals surface area contributed by atoms with Gasteiger partial charge in [-0.1, -0.05) is 29.8 Å². The number of benzene rings is 2. The second kappa shape index (κ2) is 7.18. The van der Waals surface area contributed by atoms with E-state index in [4.69, 9.17) is 22.1 Å². The number of anilines is 1. The number of hydrogen-bond donors (Lipinski definition) is 1. The number of nitro groups is 1. The lowest BCUT2D eigenvalue weighted by Crippen LogP contribution is -2.27. The Bertz CT molecular complexity index is 795. The fourth-order valence-corrected chi connectivity index (χ4v) is 2.42. The van der Waals surface area contributed by atoms with Crippen LogP contribution in [-0.2, 0) is 6.54 Å². The quantitative estimate of drug-likeness (QED) is 0.508. The van der Waals surface area contributed by atoms with E-state index in [-0.39, 0.29) is 34.5 Å². The van der Waals surface area contributed by atoms with Gasteiger partial charge in [0.25, 0.3) is 11.6 Å². The van der Waals surface area contributed by atoms with Crippen LogP contribution in [-0.4, -0.2) is 29.9 Å². The Morgan fingerprint density at radius 3 is 2.67 bits per heavy atom. The Hall–Kier alpha value is -2.80. The number of nitrogen functional groups attached to an aromatic ring is 1. The molecule has 0 radical (unpaired) electrons. The number of nitrogens with zero attached hydrogens (tertiary/aromatic N) is 2. The predicted octanol–water partition coefficient (Wildman–Crippen LogP) is 3.11. The molecule has 0 heterocycles. The molecule has 0 aliphatic rings. The van der Waals surface area contributed by atoms with Gasteiger partial charge in [0.2, 0.25) is 0 Å². The van der Waals surface area contributed by atoms with Crippen molar-refractivity contribution in [1.29, 1.82) is 0 Å². The average Bonchev–Trinajstić information content (AvgIpc) is 2.56. The molecule has 0 atom stereocenters. The summed E-state index contributed by atoms with van der Waals surface area (Å²) >= 11 is 5.98. The standard InChI is InChI=1S/C16H16ClN3O4/c1-19(9-10-5-3-4-6-14(10)20(22)23)16(21)11-7-12(17)13(18)8-15(11)24-2/h3-8H,9,18H2,1-2H3. The summed E-state index contributed by atoms with van der Waals surface area (Å²) in [5, 5.41) is 11.3. The SMILES string of the molecule is COc1cc(N)c(Cl)cc1C(=O)N(C)Cc1ccccc1[N+](=O)[O-]. The summed E-state index contributed by atoms with van der Waals surface area (Å²) in [6, 6.07) is 9.15. The first-order chi connectivity index (χ1) is 11.3. The molecule has 1 amide bonds. The number of rotatable bonds is 5. The third kappa shape index (κ3) is 3.57. The molecule has 0 aromatic heterocycles. The van der Waals surface area contributed by atoms with Crippen LogP contribution in [0.2, 0.25) is 5.02 Å². The van der Waals surface area contributed by atoms with Crippen molar-refractivity contribution in [3.63, 3.8) is 0 Å². The first-order valence-electron chi connectivity index (χ1n) is 6.96. The highest BCUT2D eigenvalue weighted by molar-refractivity contribution is 6.33. The summed E-state index contributed by atoms with van der Waals surface area (Å²) in [6.07, 6.45) is 0. The van der Waals surface area contributed by atoms with Gasteiger partial charge < -0.3 is 15.4 Å². The van der Waals surface area contributed by atoms with Gasteiger partial charge >= 0.3 is 0 Å². The molecule has 8 heteroatoms. The summed E-state index contributed by atoms with van der Waals surface area (Å²) in [7, 11) is 2.96. The van der Waals surface area contributed by atoms with Gasteiger partial charge in [-0.15, -0.1) is 0 Å². The fraction of sp³-hybridized carbons (Fsp3) is 0.188. The molecule has 7 nitrogen and oxygen atoms in total. The zero-order chi connectivity index (χ0) is 17.9. The molecular formula is C16H16ClN3O4. The maximum absolute atomic E-state index is 12.7. The summed E-state index contributed by atoms with van der Waals surface area (Å²) in [4.78, 5) is 24.6. The molecule has 2 aromatic rings. The smallest absolute Gasteiger partial charge is 0.274 e. The Morgan fingerprint density at radius 2 is 2.04 bits per heavy atom. The van der Waals surface area contributed by atoms with Crippen molar-refractivity contribution in [2.45, 2.75) is 6.54 Å². The second-order valence-electron chi connectivity index (χ2n) is 5.12. The lowest BCUT2D eigenvalue weighted by atomic mass is 10.1. The highest BCUT2D eigenvalue weighted by Gasteiger charge is 2.21. The molecule has 0 saturated heterocycles. The molecule has 2 aromatic carbocycles. The first-order valence-corrected chi connectivity index (χ1v) is 7.33. The normalized spacial score (nSPS) is 10.3. The van der Waals surface area contributed by atoms with Crippen molar-refractivity contribution in [2.24, 2.45) is 0 Å². The van der Waals surface area contributed by atoms with Crippen LogP contribution in [0.1, 0.15) is 15.9 Å². The van der Waals surface area contributed by atoms with E-state index in [1.54, 1.807) is 25.2 Å². The van der Waals surface area contributed by atoms with E-state index in [2.05, 4.69) is 0 Å². The van der Waals surface area contributed by atoms with Gasteiger partial charge in [-0.05, 0) is 6.07 Å². The number of methoxy groups -OCH3 is 1. The van der Waals surface area contributed by atoms with E-state index in [9.17, 15) is 14.9 Å². The molecule has 0 fully saturated rings. The largest absolute Gasteiger partial charge is 0.496 e. The van der Waals surface area contributed by atoms with Crippen molar-refractivity contribution in [3.8, 4) is 5.75 Å². The number of para-hydroxylation sites is 1. The van der Waals surface area contributed by atoms with E-state index in [0.717, 1.165) is 0 Å². The van der Waals surface area contributed by atoms with E-state index in [0.29, 0.717) is 11.3 Å². The Morgan fingerprint density at radius 1 is 1.38 bits per heavy atom. The predicted molar refractivity (Wildman–Crippen MR) is 91.3 cm³/mol. The fourth-order valence-electron chi connectivity index (χ4n) is 2.26. The zero-order valence-electron chi connectivity index (χ0n) is 13.2. The van der Waals surface area contributed by atoms with Crippen LogP contribution >= 0.6 is 11.6 Å². The first kappa shape index (κ1) is 17.6. The lowest BCUT2D eigenvalue weighted by Gasteiger charge is -2.19. The molecule has 0 unspecified atom stereocenters. The third-order valence-corrected chi connectivity index (χ3v) is 3.82. The molecule has 0 bridgehead atoms. The minimum absolute atomic E-state index is 0.0422. The van der Waals surface area contributed by atoms with Crippen LogP contribution in [0.15, 0.2) is 36.4 Å². The lowest BCUT2D eigenvalue weighted by molar-refractivity contribution is -0.385. The number of nitrogens with two attached hydrogens (primary N) is 1. The summed E-state index contributed by atoms with van der Waals surface area (Å²) in [6.45, 7) is 0.0706. The van der Waals surface area contributed by atoms with Gasteiger partial charge in [-0.25, -0.2) is 0 Å². The minimum atomic E-state index is -0.478. The summed E-state index contributed by atoms with van der Waals surface area (Å²) in [5.41, 5.74) is 6.63. The van der Waals surface area contributed by atoms with E-state index >= 15 is 0 Å². The highest BCUT2D eigenvalue weighted by Crippen LogP contribution is 2.30. The molecule has 2 rings (SSSR count). The zero-order valence-corrected chi connectivity index (χ0v) is 13.9. The molecule has 0 saturated carbocycles. The Balaban J connectivity index is 2.31. The van der Waals surface area contributed by atoms with Gasteiger partial charge in [0.1, 0.15) is 5.75 Å². The molecule has 0 aliphatic heterocycles. The molecule has 24 heavy (non-hydrogen) atoms. The van der Waals surface area contributed by atoms with E-state index in [1.165, 1.54) is 30.2 Å². The molecule has 0 aliphatic carbocycles. The molecule has 2 N–H and O–H groups in total. The van der Waals surface area contributed by atoms with Crippen LogP contribution in [0.25, 0.3) is 0 Å². The number of halogens is 1. The molecular weight excluding hydrogens is 334 g/mol. The number of carbonyl (C=O) groups is 1. The van der Waals surface area contributed by atoms with Crippen molar-refractivity contribution in [1.82, 2.24) is 4.90 Å².